The first-order valence-electron chi connectivity index (χ1n) is 6.52. The highest BCUT2D eigenvalue weighted by Gasteiger charge is 2.07. The van der Waals surface area contributed by atoms with Crippen LogP contribution in [0, 0.1) is 0 Å². The van der Waals surface area contributed by atoms with Crippen molar-refractivity contribution in [2.45, 2.75) is 52.1 Å². The van der Waals surface area contributed by atoms with Crippen molar-refractivity contribution in [1.82, 2.24) is 0 Å². The van der Waals surface area contributed by atoms with Gasteiger partial charge in [-0.15, -0.1) is 0 Å². The van der Waals surface area contributed by atoms with E-state index in [4.69, 9.17) is 4.74 Å². The minimum atomic E-state index is 0.449. The lowest BCUT2D eigenvalue weighted by molar-refractivity contribution is 0.0418. The molecule has 0 N–H and O–H groups in total. The van der Waals surface area contributed by atoms with E-state index in [1.807, 2.05) is 0 Å². The first-order valence-corrected chi connectivity index (χ1v) is 6.52. The van der Waals surface area contributed by atoms with E-state index >= 15 is 0 Å². The van der Waals surface area contributed by atoms with Crippen LogP contribution in [0.3, 0.4) is 0 Å². The van der Waals surface area contributed by atoms with Crippen LogP contribution in [-0.4, -0.2) is 12.7 Å². The Labute approximate surface area is 99.8 Å². The molecular weight excluding hydrogens is 196 g/mol. The van der Waals surface area contributed by atoms with Crippen LogP contribution < -0.4 is 0 Å². The maximum absolute atomic E-state index is 5.85. The number of rotatable bonds is 8. The van der Waals surface area contributed by atoms with E-state index in [2.05, 4.69) is 44.2 Å². The third kappa shape index (κ3) is 5.32. The van der Waals surface area contributed by atoms with Crippen LogP contribution in [0.5, 0.6) is 0 Å². The monoisotopic (exact) mass is 220 g/mol. The molecule has 1 atom stereocenters. The lowest BCUT2D eigenvalue weighted by Gasteiger charge is -2.16. The zero-order chi connectivity index (χ0) is 11.6. The number of hydrogen-bond donors (Lipinski definition) is 0. The fourth-order valence-corrected chi connectivity index (χ4v) is 1.89. The highest BCUT2D eigenvalue weighted by atomic mass is 16.5. The molecule has 0 bridgehead atoms. The predicted molar refractivity (Wildman–Crippen MR) is 69.7 cm³/mol. The van der Waals surface area contributed by atoms with Gasteiger partial charge < -0.3 is 4.74 Å². The van der Waals surface area contributed by atoms with Crippen molar-refractivity contribution in [3.8, 4) is 0 Å². The Morgan fingerprint density at radius 2 is 1.75 bits per heavy atom. The van der Waals surface area contributed by atoms with E-state index < -0.39 is 0 Å². The van der Waals surface area contributed by atoms with Gasteiger partial charge in [0.15, 0.2) is 0 Å². The summed E-state index contributed by atoms with van der Waals surface area (Å²) in [5.41, 5.74) is 1.42. The Morgan fingerprint density at radius 1 is 1.00 bits per heavy atom. The van der Waals surface area contributed by atoms with Gasteiger partial charge in [-0.3, -0.25) is 0 Å². The summed E-state index contributed by atoms with van der Waals surface area (Å²) >= 11 is 0. The molecule has 1 heteroatoms. The summed E-state index contributed by atoms with van der Waals surface area (Å²) in [7, 11) is 0. The van der Waals surface area contributed by atoms with Crippen molar-refractivity contribution in [3.05, 3.63) is 35.9 Å². The molecule has 1 unspecified atom stereocenters. The summed E-state index contributed by atoms with van der Waals surface area (Å²) in [5.74, 6) is 0. The largest absolute Gasteiger partial charge is 0.378 e. The van der Waals surface area contributed by atoms with Crippen molar-refractivity contribution in [3.63, 3.8) is 0 Å². The van der Waals surface area contributed by atoms with E-state index in [0.717, 1.165) is 25.9 Å². The SMILES string of the molecule is CCCOC(CCC)CCc1ccccc1. The minimum Gasteiger partial charge on any atom is -0.378 e. The van der Waals surface area contributed by atoms with Gasteiger partial charge in [-0.05, 0) is 31.2 Å². The van der Waals surface area contributed by atoms with Gasteiger partial charge in [0.2, 0.25) is 0 Å². The zero-order valence-corrected chi connectivity index (χ0v) is 10.6. The van der Waals surface area contributed by atoms with Crippen LogP contribution in [-0.2, 0) is 11.2 Å². The first-order chi connectivity index (χ1) is 7.86. The Morgan fingerprint density at radius 3 is 2.38 bits per heavy atom. The van der Waals surface area contributed by atoms with E-state index in [-0.39, 0.29) is 0 Å². The van der Waals surface area contributed by atoms with Gasteiger partial charge in [0.1, 0.15) is 0 Å². The second kappa shape index (κ2) is 8.35. The van der Waals surface area contributed by atoms with Crippen LogP contribution >= 0.6 is 0 Å². The molecular formula is C15H24O. The fraction of sp³-hybridized carbons (Fsp3) is 0.600. The second-order valence-electron chi connectivity index (χ2n) is 4.31. The molecule has 0 radical (unpaired) electrons. The third-order valence-electron chi connectivity index (χ3n) is 2.77. The van der Waals surface area contributed by atoms with Gasteiger partial charge in [-0.1, -0.05) is 50.6 Å². The topological polar surface area (TPSA) is 9.23 Å². The summed E-state index contributed by atoms with van der Waals surface area (Å²) < 4.78 is 5.85. The highest BCUT2D eigenvalue weighted by Crippen LogP contribution is 2.12. The molecule has 1 rings (SSSR count). The molecule has 0 fully saturated rings. The van der Waals surface area contributed by atoms with Crippen molar-refractivity contribution >= 4 is 0 Å². The van der Waals surface area contributed by atoms with E-state index in [0.29, 0.717) is 6.10 Å². The number of ether oxygens (including phenoxy) is 1. The maximum atomic E-state index is 5.85. The molecule has 0 saturated heterocycles. The van der Waals surface area contributed by atoms with E-state index in [9.17, 15) is 0 Å². The normalized spacial score (nSPS) is 12.6. The first kappa shape index (κ1) is 13.2. The van der Waals surface area contributed by atoms with Crippen LogP contribution in [0.1, 0.15) is 45.1 Å². The number of benzene rings is 1. The van der Waals surface area contributed by atoms with Crippen LogP contribution in [0.4, 0.5) is 0 Å². The van der Waals surface area contributed by atoms with Gasteiger partial charge >= 0.3 is 0 Å². The van der Waals surface area contributed by atoms with Crippen LogP contribution in [0.15, 0.2) is 30.3 Å². The average Bonchev–Trinajstić information content (AvgIpc) is 2.34. The Balaban J connectivity index is 2.31. The molecule has 16 heavy (non-hydrogen) atoms. The third-order valence-corrected chi connectivity index (χ3v) is 2.77. The molecule has 0 aliphatic heterocycles. The molecule has 0 saturated carbocycles. The summed E-state index contributed by atoms with van der Waals surface area (Å²) in [6, 6.07) is 10.7. The van der Waals surface area contributed by atoms with Crippen molar-refractivity contribution in [1.29, 1.82) is 0 Å². The average molecular weight is 220 g/mol. The number of hydrogen-bond acceptors (Lipinski definition) is 1. The molecule has 0 spiro atoms. The second-order valence-corrected chi connectivity index (χ2v) is 4.31. The molecule has 0 aliphatic rings. The van der Waals surface area contributed by atoms with Gasteiger partial charge in [0, 0.05) is 6.61 Å². The molecule has 0 amide bonds. The van der Waals surface area contributed by atoms with Crippen LogP contribution in [0.2, 0.25) is 0 Å². The lowest BCUT2D eigenvalue weighted by Crippen LogP contribution is -2.14. The van der Waals surface area contributed by atoms with Gasteiger partial charge in [0.05, 0.1) is 6.10 Å². The van der Waals surface area contributed by atoms with Gasteiger partial charge in [0.25, 0.3) is 0 Å². The van der Waals surface area contributed by atoms with Crippen molar-refractivity contribution < 1.29 is 4.74 Å². The quantitative estimate of drug-likeness (QED) is 0.637. The van der Waals surface area contributed by atoms with Gasteiger partial charge in [-0.2, -0.15) is 0 Å². The molecule has 1 nitrogen and oxygen atoms in total. The minimum absolute atomic E-state index is 0.449. The summed E-state index contributed by atoms with van der Waals surface area (Å²) in [6.07, 6.45) is 6.25. The molecule has 0 heterocycles. The Kier molecular flexibility index (Phi) is 6.91. The van der Waals surface area contributed by atoms with Crippen molar-refractivity contribution in [2.24, 2.45) is 0 Å². The van der Waals surface area contributed by atoms with Crippen molar-refractivity contribution in [2.75, 3.05) is 6.61 Å². The smallest absolute Gasteiger partial charge is 0.0578 e. The van der Waals surface area contributed by atoms with Gasteiger partial charge in [-0.25, -0.2) is 0 Å². The summed E-state index contributed by atoms with van der Waals surface area (Å²) in [6.45, 7) is 5.30. The Hall–Kier alpha value is -0.820. The zero-order valence-electron chi connectivity index (χ0n) is 10.6. The fourth-order valence-electron chi connectivity index (χ4n) is 1.89. The maximum Gasteiger partial charge on any atom is 0.0578 e. The molecule has 0 aromatic heterocycles. The summed E-state index contributed by atoms with van der Waals surface area (Å²) in [4.78, 5) is 0. The molecule has 1 aromatic carbocycles. The Bertz CT molecular complexity index is 255. The standard InChI is InChI=1S/C15H24O/c1-3-8-15(16-13-4-2)12-11-14-9-6-5-7-10-14/h5-7,9-10,15H,3-4,8,11-13H2,1-2H3. The molecule has 0 aliphatic carbocycles. The predicted octanol–water partition coefficient (Wildman–Crippen LogP) is 4.21. The molecule has 1 aromatic rings. The van der Waals surface area contributed by atoms with E-state index in [1.165, 1.54) is 18.4 Å². The summed E-state index contributed by atoms with van der Waals surface area (Å²) in [5, 5.41) is 0. The highest BCUT2D eigenvalue weighted by molar-refractivity contribution is 5.14. The number of aryl methyl sites for hydroxylation is 1. The van der Waals surface area contributed by atoms with Crippen LogP contribution in [0.25, 0.3) is 0 Å². The molecule has 90 valence electrons. The lowest BCUT2D eigenvalue weighted by atomic mass is 10.0. The van der Waals surface area contributed by atoms with E-state index in [1.54, 1.807) is 0 Å².